The van der Waals surface area contributed by atoms with E-state index in [0.717, 1.165) is 29.7 Å². The SMILES string of the molecule is COc1ccc([C@]2(CCN(Cc3ccc(C4=CCC(C(=O)OC(C)(C)C)CC4)c(F)c3)CC(C)(C)C(F)(F)F)CCOC(C)(C)C2)cc1. The molecule has 0 N–H and O–H groups in total. The van der Waals surface area contributed by atoms with Gasteiger partial charge in [0.05, 0.1) is 24.0 Å². The number of benzene rings is 2. The van der Waals surface area contributed by atoms with Crippen molar-refractivity contribution in [2.75, 3.05) is 26.8 Å². The summed E-state index contributed by atoms with van der Waals surface area (Å²) in [6.45, 7) is 12.9. The number of rotatable bonds is 11. The van der Waals surface area contributed by atoms with Crippen LogP contribution >= 0.6 is 0 Å². The van der Waals surface area contributed by atoms with Crippen molar-refractivity contribution < 1.29 is 36.6 Å². The normalized spacial score (nSPS) is 21.9. The molecule has 0 radical (unpaired) electrons. The lowest BCUT2D eigenvalue weighted by Gasteiger charge is -2.46. The van der Waals surface area contributed by atoms with Crippen LogP contribution in [-0.4, -0.2) is 55.1 Å². The molecule has 1 aliphatic heterocycles. The van der Waals surface area contributed by atoms with E-state index in [1.807, 2.05) is 62.1 Å². The molecule has 1 saturated heterocycles. The Balaban J connectivity index is 1.56. The van der Waals surface area contributed by atoms with Crippen LogP contribution in [0.5, 0.6) is 5.75 Å². The van der Waals surface area contributed by atoms with Crippen molar-refractivity contribution in [3.8, 4) is 5.75 Å². The highest BCUT2D eigenvalue weighted by atomic mass is 19.4. The van der Waals surface area contributed by atoms with E-state index in [0.29, 0.717) is 50.0 Å². The maximum absolute atomic E-state index is 15.6. The molecule has 5 nitrogen and oxygen atoms in total. The quantitative estimate of drug-likeness (QED) is 0.175. The molecule has 0 saturated carbocycles. The number of esters is 1. The molecule has 1 fully saturated rings. The first-order chi connectivity index (χ1) is 22.2. The van der Waals surface area contributed by atoms with Crippen molar-refractivity contribution in [3.63, 3.8) is 0 Å². The van der Waals surface area contributed by atoms with Crippen molar-refractivity contribution in [2.45, 2.75) is 116 Å². The van der Waals surface area contributed by atoms with Gasteiger partial charge in [-0.15, -0.1) is 0 Å². The minimum Gasteiger partial charge on any atom is -0.497 e. The van der Waals surface area contributed by atoms with Gasteiger partial charge in [-0.25, -0.2) is 4.39 Å². The van der Waals surface area contributed by atoms with Gasteiger partial charge in [0.1, 0.15) is 17.2 Å². The molecule has 2 aromatic carbocycles. The fourth-order valence-electron chi connectivity index (χ4n) is 7.11. The lowest BCUT2D eigenvalue weighted by molar-refractivity contribution is -0.217. The highest BCUT2D eigenvalue weighted by molar-refractivity contribution is 5.76. The van der Waals surface area contributed by atoms with Crippen LogP contribution in [0.1, 0.15) is 104 Å². The van der Waals surface area contributed by atoms with E-state index in [1.165, 1.54) is 19.9 Å². The molecule has 48 heavy (non-hydrogen) atoms. The Labute approximate surface area is 284 Å². The second-order valence-electron chi connectivity index (χ2n) is 15.9. The minimum atomic E-state index is -4.40. The van der Waals surface area contributed by atoms with E-state index in [4.69, 9.17) is 14.2 Å². The molecular formula is C39H53F4NO4. The molecule has 1 aliphatic carbocycles. The molecule has 1 heterocycles. The number of halogens is 4. The first kappa shape index (κ1) is 37.9. The summed E-state index contributed by atoms with van der Waals surface area (Å²) in [4.78, 5) is 14.4. The van der Waals surface area contributed by atoms with Gasteiger partial charge in [0, 0.05) is 30.7 Å². The Morgan fingerprint density at radius 1 is 1.04 bits per heavy atom. The van der Waals surface area contributed by atoms with E-state index in [1.54, 1.807) is 13.2 Å². The maximum Gasteiger partial charge on any atom is 0.395 e. The van der Waals surface area contributed by atoms with Crippen LogP contribution in [-0.2, 0) is 26.2 Å². The standard InChI is InChI=1S/C39H53F4NO4/c1-35(2,3)48-34(45)29-12-10-28(11-13-29)32-18-9-27(23-33(32)40)24-44(26-36(4,5)39(41,42)43)21-19-38(20-22-47-37(6,7)25-38)30-14-16-31(46-8)17-15-30/h9-10,14-18,23,29H,11-13,19-22,24-26H2,1-8H3/t29?,38-/m1/s1. The van der Waals surface area contributed by atoms with Gasteiger partial charge in [0.25, 0.3) is 0 Å². The van der Waals surface area contributed by atoms with Gasteiger partial charge in [-0.3, -0.25) is 9.69 Å². The first-order valence-corrected chi connectivity index (χ1v) is 17.0. The number of hydrogen-bond acceptors (Lipinski definition) is 5. The summed E-state index contributed by atoms with van der Waals surface area (Å²) in [5, 5.41) is 0. The number of ether oxygens (including phenoxy) is 3. The highest BCUT2D eigenvalue weighted by Gasteiger charge is 2.48. The van der Waals surface area contributed by atoms with Crippen molar-refractivity contribution in [1.82, 2.24) is 4.90 Å². The molecule has 0 spiro atoms. The van der Waals surface area contributed by atoms with Crippen LogP contribution in [0.4, 0.5) is 17.6 Å². The monoisotopic (exact) mass is 675 g/mol. The Kier molecular flexibility index (Phi) is 11.5. The minimum absolute atomic E-state index is 0.176. The lowest BCUT2D eigenvalue weighted by atomic mass is 9.67. The fraction of sp³-hybridized carbons (Fsp3) is 0.615. The second kappa shape index (κ2) is 14.5. The van der Waals surface area contributed by atoms with Gasteiger partial charge < -0.3 is 14.2 Å². The molecule has 9 heteroatoms. The van der Waals surface area contributed by atoms with Crippen molar-refractivity contribution in [3.05, 3.63) is 71.0 Å². The van der Waals surface area contributed by atoms with Crippen LogP contribution in [0.15, 0.2) is 48.5 Å². The average Bonchev–Trinajstić information content (AvgIpc) is 2.98. The number of carbonyl (C=O) groups excluding carboxylic acids is 1. The number of hydrogen-bond donors (Lipinski definition) is 0. The lowest BCUT2D eigenvalue weighted by Crippen LogP contribution is -2.47. The topological polar surface area (TPSA) is 48.0 Å². The number of alkyl halides is 3. The summed E-state index contributed by atoms with van der Waals surface area (Å²) in [5.74, 6) is -0.173. The molecule has 0 aromatic heterocycles. The molecular weight excluding hydrogens is 622 g/mol. The molecule has 0 bridgehead atoms. The summed E-state index contributed by atoms with van der Waals surface area (Å²) >= 11 is 0. The first-order valence-electron chi connectivity index (χ1n) is 17.0. The van der Waals surface area contributed by atoms with Crippen molar-refractivity contribution >= 4 is 11.5 Å². The Morgan fingerprint density at radius 2 is 1.73 bits per heavy atom. The van der Waals surface area contributed by atoms with Gasteiger partial charge in [-0.2, -0.15) is 13.2 Å². The van der Waals surface area contributed by atoms with Crippen molar-refractivity contribution in [1.29, 1.82) is 0 Å². The molecule has 2 aliphatic rings. The molecule has 266 valence electrons. The van der Waals surface area contributed by atoms with Gasteiger partial charge in [0.2, 0.25) is 0 Å². The van der Waals surface area contributed by atoms with Gasteiger partial charge in [-0.1, -0.05) is 30.3 Å². The zero-order chi connectivity index (χ0) is 35.5. The summed E-state index contributed by atoms with van der Waals surface area (Å²) in [7, 11) is 1.62. The van der Waals surface area contributed by atoms with Crippen LogP contribution in [0.25, 0.3) is 5.57 Å². The zero-order valence-corrected chi connectivity index (χ0v) is 29.9. The molecule has 1 unspecified atom stereocenters. The smallest absolute Gasteiger partial charge is 0.395 e. The van der Waals surface area contributed by atoms with E-state index < -0.39 is 28.6 Å². The van der Waals surface area contributed by atoms with Crippen molar-refractivity contribution in [2.24, 2.45) is 11.3 Å². The average molecular weight is 676 g/mol. The third-order valence-corrected chi connectivity index (χ3v) is 9.77. The predicted octanol–water partition coefficient (Wildman–Crippen LogP) is 9.67. The highest BCUT2D eigenvalue weighted by Crippen LogP contribution is 2.45. The third kappa shape index (κ3) is 9.62. The van der Waals surface area contributed by atoms with E-state index in [2.05, 4.69) is 13.8 Å². The van der Waals surface area contributed by atoms with Gasteiger partial charge in [0.15, 0.2) is 0 Å². The fourth-order valence-corrected chi connectivity index (χ4v) is 7.11. The predicted molar refractivity (Wildman–Crippen MR) is 181 cm³/mol. The van der Waals surface area contributed by atoms with E-state index in [9.17, 15) is 18.0 Å². The summed E-state index contributed by atoms with van der Waals surface area (Å²) in [6, 6.07) is 12.9. The second-order valence-corrected chi connectivity index (χ2v) is 15.9. The Bertz CT molecular complexity index is 1440. The summed E-state index contributed by atoms with van der Waals surface area (Å²) in [6.07, 6.45) is 1.17. The molecule has 2 atom stereocenters. The van der Waals surface area contributed by atoms with Crippen LogP contribution in [0.2, 0.25) is 0 Å². The van der Waals surface area contributed by atoms with E-state index in [-0.39, 0.29) is 30.4 Å². The van der Waals surface area contributed by atoms with Crippen LogP contribution < -0.4 is 4.74 Å². The van der Waals surface area contributed by atoms with Gasteiger partial charge >= 0.3 is 12.1 Å². The summed E-state index contributed by atoms with van der Waals surface area (Å²) in [5.41, 5.74) is -0.218. The Morgan fingerprint density at radius 3 is 2.27 bits per heavy atom. The van der Waals surface area contributed by atoms with Crippen LogP contribution in [0, 0.1) is 17.2 Å². The number of allylic oxidation sites excluding steroid dienone is 2. The number of methoxy groups -OCH3 is 1. The van der Waals surface area contributed by atoms with E-state index >= 15 is 4.39 Å². The molecule has 2 aromatic rings. The van der Waals surface area contributed by atoms with Gasteiger partial charge in [-0.05, 0) is 128 Å². The van der Waals surface area contributed by atoms with Crippen LogP contribution in [0.3, 0.4) is 0 Å². The summed E-state index contributed by atoms with van der Waals surface area (Å²) < 4.78 is 75.1. The number of carbonyl (C=O) groups is 1. The molecule has 4 rings (SSSR count). The Hall–Kier alpha value is -2.91. The molecule has 0 amide bonds. The third-order valence-electron chi connectivity index (χ3n) is 9.77. The zero-order valence-electron chi connectivity index (χ0n) is 29.9. The number of nitrogens with zero attached hydrogens (tertiary/aromatic N) is 1. The maximum atomic E-state index is 15.6. The largest absolute Gasteiger partial charge is 0.497 e.